The molecule has 5 nitrogen and oxygen atoms in total. The van der Waals surface area contributed by atoms with Crippen LogP contribution in [-0.4, -0.2) is 23.8 Å². The van der Waals surface area contributed by atoms with Crippen molar-refractivity contribution in [3.8, 4) is 0 Å². The Hall–Kier alpha value is -2.21. The molecule has 2 rings (SSSR count). The van der Waals surface area contributed by atoms with Crippen molar-refractivity contribution in [1.29, 1.82) is 0 Å². The van der Waals surface area contributed by atoms with Crippen LogP contribution in [0.2, 0.25) is 0 Å². The van der Waals surface area contributed by atoms with E-state index in [9.17, 15) is 9.59 Å². The fraction of sp³-hybridized carbons (Fsp3) is 0.154. The monoisotopic (exact) mass is 275 g/mol. The van der Waals surface area contributed by atoms with E-state index in [2.05, 4.69) is 10.3 Å². The predicted octanol–water partition coefficient (Wildman–Crippen LogP) is 2.38. The van der Waals surface area contributed by atoms with E-state index in [0.29, 0.717) is 16.4 Å². The Kier molecular flexibility index (Phi) is 3.91. The van der Waals surface area contributed by atoms with Crippen LogP contribution in [-0.2, 0) is 4.79 Å². The van der Waals surface area contributed by atoms with E-state index in [-0.39, 0.29) is 11.8 Å². The van der Waals surface area contributed by atoms with Crippen molar-refractivity contribution in [2.75, 3.05) is 17.3 Å². The normalized spacial score (nSPS) is 10.0. The second-order valence-electron chi connectivity index (χ2n) is 3.94. The van der Waals surface area contributed by atoms with Gasteiger partial charge in [-0.15, -0.1) is 11.3 Å². The maximum Gasteiger partial charge on any atom is 0.259 e. The molecule has 2 amide bonds. The summed E-state index contributed by atoms with van der Waals surface area (Å²) in [7, 11) is 1.68. The van der Waals surface area contributed by atoms with Crippen LogP contribution < -0.4 is 10.2 Å². The highest BCUT2D eigenvalue weighted by Gasteiger charge is 2.15. The van der Waals surface area contributed by atoms with Crippen LogP contribution in [0.15, 0.2) is 35.8 Å². The molecule has 0 fully saturated rings. The summed E-state index contributed by atoms with van der Waals surface area (Å²) >= 11 is 1.40. The van der Waals surface area contributed by atoms with Gasteiger partial charge in [0.15, 0.2) is 5.13 Å². The molecule has 0 aliphatic rings. The van der Waals surface area contributed by atoms with Crippen molar-refractivity contribution >= 4 is 34.0 Å². The largest absolute Gasteiger partial charge is 0.326 e. The van der Waals surface area contributed by atoms with Crippen molar-refractivity contribution in [3.63, 3.8) is 0 Å². The van der Waals surface area contributed by atoms with E-state index in [4.69, 9.17) is 0 Å². The summed E-state index contributed by atoms with van der Waals surface area (Å²) in [4.78, 5) is 28.7. The number of thiazole rings is 1. The number of amides is 2. The molecule has 0 atom stereocenters. The molecule has 0 saturated heterocycles. The Bertz CT molecular complexity index is 578. The predicted molar refractivity (Wildman–Crippen MR) is 75.6 cm³/mol. The fourth-order valence-electron chi connectivity index (χ4n) is 1.56. The molecule has 1 N–H and O–H groups in total. The van der Waals surface area contributed by atoms with E-state index in [0.717, 1.165) is 0 Å². The van der Waals surface area contributed by atoms with Gasteiger partial charge in [-0.05, 0) is 24.3 Å². The highest BCUT2D eigenvalue weighted by Crippen LogP contribution is 2.19. The average molecular weight is 275 g/mol. The molecule has 6 heteroatoms. The molecule has 98 valence electrons. The third-order valence-electron chi connectivity index (χ3n) is 2.46. The van der Waals surface area contributed by atoms with Crippen molar-refractivity contribution in [2.24, 2.45) is 0 Å². The second-order valence-corrected chi connectivity index (χ2v) is 4.81. The summed E-state index contributed by atoms with van der Waals surface area (Å²) < 4.78 is 0. The minimum Gasteiger partial charge on any atom is -0.326 e. The first-order chi connectivity index (χ1) is 9.08. The molecule has 0 radical (unpaired) electrons. The van der Waals surface area contributed by atoms with Crippen molar-refractivity contribution in [3.05, 3.63) is 41.4 Å². The second kappa shape index (κ2) is 5.62. The zero-order valence-electron chi connectivity index (χ0n) is 10.6. The topological polar surface area (TPSA) is 62.3 Å². The summed E-state index contributed by atoms with van der Waals surface area (Å²) in [5.74, 6) is -0.275. The highest BCUT2D eigenvalue weighted by molar-refractivity contribution is 7.13. The fourth-order valence-corrected chi connectivity index (χ4v) is 2.17. The number of hydrogen-bond donors (Lipinski definition) is 1. The minimum atomic E-state index is -0.140. The summed E-state index contributed by atoms with van der Waals surface area (Å²) in [6, 6.07) is 6.75. The molecule has 19 heavy (non-hydrogen) atoms. The van der Waals surface area contributed by atoms with Crippen molar-refractivity contribution in [2.45, 2.75) is 6.92 Å². The highest BCUT2D eigenvalue weighted by atomic mass is 32.1. The number of carbonyl (C=O) groups excluding carboxylic acids is 2. The number of aromatic nitrogens is 1. The summed E-state index contributed by atoms with van der Waals surface area (Å²) in [6.07, 6.45) is 1.66. The lowest BCUT2D eigenvalue weighted by atomic mass is 10.2. The summed E-state index contributed by atoms with van der Waals surface area (Å²) in [5, 5.41) is 5.12. The van der Waals surface area contributed by atoms with Crippen LogP contribution >= 0.6 is 11.3 Å². The lowest BCUT2D eigenvalue weighted by Crippen LogP contribution is -2.25. The zero-order chi connectivity index (χ0) is 13.8. The molecule has 2 aromatic rings. The van der Waals surface area contributed by atoms with Crippen LogP contribution in [0.4, 0.5) is 10.8 Å². The van der Waals surface area contributed by atoms with Crippen LogP contribution in [0, 0.1) is 0 Å². The van der Waals surface area contributed by atoms with Gasteiger partial charge in [0.05, 0.1) is 0 Å². The van der Waals surface area contributed by atoms with Gasteiger partial charge in [-0.1, -0.05) is 0 Å². The van der Waals surface area contributed by atoms with E-state index in [1.165, 1.54) is 23.2 Å². The number of anilines is 2. The van der Waals surface area contributed by atoms with Crippen LogP contribution in [0.5, 0.6) is 0 Å². The number of nitrogens with one attached hydrogen (secondary N) is 1. The van der Waals surface area contributed by atoms with E-state index in [1.54, 1.807) is 37.5 Å². The third kappa shape index (κ3) is 3.17. The Morgan fingerprint density at radius 2 is 1.95 bits per heavy atom. The van der Waals surface area contributed by atoms with Gasteiger partial charge in [-0.2, -0.15) is 0 Å². The number of nitrogens with zero attached hydrogens (tertiary/aromatic N) is 2. The summed E-state index contributed by atoms with van der Waals surface area (Å²) in [5.41, 5.74) is 1.22. The molecular formula is C13H13N3O2S. The maximum absolute atomic E-state index is 12.2. The van der Waals surface area contributed by atoms with Gasteiger partial charge in [0.25, 0.3) is 5.91 Å². The third-order valence-corrected chi connectivity index (χ3v) is 3.31. The van der Waals surface area contributed by atoms with Crippen LogP contribution in [0.25, 0.3) is 0 Å². The maximum atomic E-state index is 12.2. The van der Waals surface area contributed by atoms with Gasteiger partial charge >= 0.3 is 0 Å². The Labute approximate surface area is 114 Å². The molecule has 0 bridgehead atoms. The number of rotatable bonds is 3. The Morgan fingerprint density at radius 1 is 1.26 bits per heavy atom. The standard InChI is InChI=1S/C13H13N3O2S/c1-9(17)15-11-5-3-10(4-6-11)12(18)16(2)13-14-7-8-19-13/h3-8H,1-2H3,(H,15,17). The lowest BCUT2D eigenvalue weighted by Gasteiger charge is -2.13. The molecular weight excluding hydrogens is 262 g/mol. The van der Waals surface area contributed by atoms with Crippen LogP contribution in [0.1, 0.15) is 17.3 Å². The number of carbonyl (C=O) groups is 2. The molecule has 0 spiro atoms. The number of benzene rings is 1. The molecule has 1 aromatic carbocycles. The quantitative estimate of drug-likeness (QED) is 0.935. The van der Waals surface area contributed by atoms with Gasteiger partial charge in [-0.3, -0.25) is 14.5 Å². The average Bonchev–Trinajstić information content (AvgIpc) is 2.91. The smallest absolute Gasteiger partial charge is 0.259 e. The summed E-state index contributed by atoms with van der Waals surface area (Å²) in [6.45, 7) is 1.44. The molecule has 1 heterocycles. The first-order valence-electron chi connectivity index (χ1n) is 5.63. The molecule has 0 aliphatic heterocycles. The van der Waals surface area contributed by atoms with Gasteiger partial charge < -0.3 is 5.32 Å². The molecule has 0 unspecified atom stereocenters. The minimum absolute atomic E-state index is 0.135. The van der Waals surface area contributed by atoms with Crippen molar-refractivity contribution in [1.82, 2.24) is 4.98 Å². The Balaban J connectivity index is 2.13. The van der Waals surface area contributed by atoms with E-state index in [1.807, 2.05) is 5.38 Å². The zero-order valence-corrected chi connectivity index (χ0v) is 11.4. The van der Waals surface area contributed by atoms with Crippen LogP contribution in [0.3, 0.4) is 0 Å². The van der Waals surface area contributed by atoms with Gasteiger partial charge in [0.1, 0.15) is 0 Å². The van der Waals surface area contributed by atoms with E-state index < -0.39 is 0 Å². The molecule has 0 aliphatic carbocycles. The van der Waals surface area contributed by atoms with Gasteiger partial charge in [-0.25, -0.2) is 4.98 Å². The first kappa shape index (κ1) is 13.2. The van der Waals surface area contributed by atoms with Gasteiger partial charge in [0, 0.05) is 36.8 Å². The lowest BCUT2D eigenvalue weighted by molar-refractivity contribution is -0.114. The molecule has 1 aromatic heterocycles. The van der Waals surface area contributed by atoms with E-state index >= 15 is 0 Å². The number of hydrogen-bond acceptors (Lipinski definition) is 4. The Morgan fingerprint density at radius 3 is 2.47 bits per heavy atom. The van der Waals surface area contributed by atoms with Gasteiger partial charge in [0.2, 0.25) is 5.91 Å². The SMILES string of the molecule is CC(=O)Nc1ccc(C(=O)N(C)c2nccs2)cc1. The first-order valence-corrected chi connectivity index (χ1v) is 6.51. The van der Waals surface area contributed by atoms with Crippen molar-refractivity contribution < 1.29 is 9.59 Å². The molecule has 0 saturated carbocycles.